The summed E-state index contributed by atoms with van der Waals surface area (Å²) in [5.41, 5.74) is 6.87. The van der Waals surface area contributed by atoms with Crippen molar-refractivity contribution in [2.24, 2.45) is 11.7 Å². The normalized spacial score (nSPS) is 14.9. The smallest absolute Gasteiger partial charge is 0.237 e. The molecule has 28 heavy (non-hydrogen) atoms. The molecule has 1 aromatic heterocycles. The van der Waals surface area contributed by atoms with Crippen molar-refractivity contribution in [1.82, 2.24) is 10.3 Å². The number of amides is 1. The Hall–Kier alpha value is -1.93. The number of carbonyl (C=O) groups is 1. The van der Waals surface area contributed by atoms with Gasteiger partial charge in [-0.2, -0.15) is 0 Å². The molecule has 1 unspecified atom stereocenters. The molecule has 3 N–H and O–H groups in total. The number of carbonyl (C=O) groups excluding carboxylic acids is 1. The third kappa shape index (κ3) is 6.91. The molecule has 1 saturated heterocycles. The van der Waals surface area contributed by atoms with E-state index in [2.05, 4.69) is 10.3 Å². The second-order valence-corrected chi connectivity index (χ2v) is 6.26. The quantitative estimate of drug-likeness (QED) is 0.732. The number of rotatable bonds is 6. The number of aromatic nitrogens is 1. The molecule has 9 heteroatoms. The van der Waals surface area contributed by atoms with Crippen LogP contribution in [0.15, 0.2) is 42.6 Å². The lowest BCUT2D eigenvalue weighted by molar-refractivity contribution is -0.124. The van der Waals surface area contributed by atoms with Crippen LogP contribution in [0.4, 0.5) is 4.39 Å². The van der Waals surface area contributed by atoms with Gasteiger partial charge in [-0.3, -0.25) is 4.79 Å². The molecule has 6 nitrogen and oxygen atoms in total. The first-order valence-corrected chi connectivity index (χ1v) is 8.61. The van der Waals surface area contributed by atoms with Crippen LogP contribution in [0.2, 0.25) is 0 Å². The van der Waals surface area contributed by atoms with Crippen molar-refractivity contribution in [3.8, 4) is 11.6 Å². The van der Waals surface area contributed by atoms with E-state index in [1.807, 2.05) is 0 Å². The van der Waals surface area contributed by atoms with E-state index < -0.39 is 6.04 Å². The van der Waals surface area contributed by atoms with Gasteiger partial charge in [0, 0.05) is 38.1 Å². The van der Waals surface area contributed by atoms with Gasteiger partial charge >= 0.3 is 0 Å². The Morgan fingerprint density at radius 3 is 2.68 bits per heavy atom. The standard InChI is InChI=1S/C19H22FN3O3.2ClH/c20-15-2-1-3-16(10-15)26-17-5-4-13(11-22-17)12-23-19(24)18(21)14-6-8-25-9-7-14;;/h1-5,10-11,14,18H,6-9,12,21H2,(H,23,24);2*1H. The SMILES string of the molecule is Cl.Cl.NC(C(=O)NCc1ccc(Oc2cccc(F)c2)nc1)C1CCOCC1. The van der Waals surface area contributed by atoms with Crippen LogP contribution >= 0.6 is 24.8 Å². The predicted octanol–water partition coefficient (Wildman–Crippen LogP) is 3.23. The summed E-state index contributed by atoms with van der Waals surface area (Å²) in [6.07, 6.45) is 3.22. The van der Waals surface area contributed by atoms with Crippen LogP contribution in [0, 0.1) is 11.7 Å². The van der Waals surface area contributed by atoms with E-state index in [1.54, 1.807) is 30.5 Å². The molecule has 0 aliphatic carbocycles. The Balaban J connectivity index is 0.00000196. The minimum atomic E-state index is -0.526. The number of ether oxygens (including phenoxy) is 2. The summed E-state index contributed by atoms with van der Waals surface area (Å²) < 4.78 is 23.9. The predicted molar refractivity (Wildman–Crippen MR) is 109 cm³/mol. The lowest BCUT2D eigenvalue weighted by Gasteiger charge is -2.26. The summed E-state index contributed by atoms with van der Waals surface area (Å²) in [7, 11) is 0. The second kappa shape index (κ2) is 11.8. The fraction of sp³-hybridized carbons (Fsp3) is 0.368. The van der Waals surface area contributed by atoms with Gasteiger partial charge in [0.2, 0.25) is 11.8 Å². The molecular weight excluding hydrogens is 408 g/mol. The molecule has 1 aromatic carbocycles. The van der Waals surface area contributed by atoms with Crippen molar-refractivity contribution >= 4 is 30.7 Å². The summed E-state index contributed by atoms with van der Waals surface area (Å²) in [4.78, 5) is 16.4. The Labute approximate surface area is 175 Å². The molecular formula is C19H24Cl2FN3O3. The number of hydrogen-bond acceptors (Lipinski definition) is 5. The van der Waals surface area contributed by atoms with Crippen LogP contribution in [0.3, 0.4) is 0 Å². The van der Waals surface area contributed by atoms with Crippen molar-refractivity contribution < 1.29 is 18.7 Å². The molecule has 0 saturated carbocycles. The summed E-state index contributed by atoms with van der Waals surface area (Å²) in [6.45, 7) is 1.65. The van der Waals surface area contributed by atoms with E-state index in [9.17, 15) is 9.18 Å². The van der Waals surface area contributed by atoms with E-state index in [0.29, 0.717) is 31.4 Å². The third-order valence-electron chi connectivity index (χ3n) is 4.36. The van der Waals surface area contributed by atoms with Crippen molar-refractivity contribution in [2.45, 2.75) is 25.4 Å². The zero-order chi connectivity index (χ0) is 18.4. The summed E-state index contributed by atoms with van der Waals surface area (Å²) in [5, 5.41) is 2.84. The largest absolute Gasteiger partial charge is 0.439 e. The first-order valence-electron chi connectivity index (χ1n) is 8.61. The number of halogens is 3. The Morgan fingerprint density at radius 2 is 2.04 bits per heavy atom. The van der Waals surface area contributed by atoms with E-state index in [4.69, 9.17) is 15.2 Å². The van der Waals surface area contributed by atoms with Gasteiger partial charge in [-0.1, -0.05) is 12.1 Å². The average molecular weight is 432 g/mol. The Kier molecular flexibility index (Phi) is 10.2. The first kappa shape index (κ1) is 24.1. The molecule has 0 bridgehead atoms. The maximum Gasteiger partial charge on any atom is 0.237 e. The van der Waals surface area contributed by atoms with Crippen molar-refractivity contribution in [1.29, 1.82) is 0 Å². The maximum absolute atomic E-state index is 13.2. The number of hydrogen-bond donors (Lipinski definition) is 2. The van der Waals surface area contributed by atoms with Gasteiger partial charge in [0.05, 0.1) is 6.04 Å². The molecule has 2 heterocycles. The zero-order valence-corrected chi connectivity index (χ0v) is 16.8. The molecule has 1 fully saturated rings. The van der Waals surface area contributed by atoms with Gasteiger partial charge in [-0.25, -0.2) is 9.37 Å². The molecule has 1 amide bonds. The van der Waals surface area contributed by atoms with Gasteiger partial charge in [0.15, 0.2) is 0 Å². The average Bonchev–Trinajstić information content (AvgIpc) is 2.67. The molecule has 0 radical (unpaired) electrons. The fourth-order valence-corrected chi connectivity index (χ4v) is 2.82. The maximum atomic E-state index is 13.2. The number of pyridine rings is 1. The Bertz CT molecular complexity index is 743. The highest BCUT2D eigenvalue weighted by Crippen LogP contribution is 2.20. The van der Waals surface area contributed by atoms with E-state index in [1.165, 1.54) is 12.1 Å². The fourth-order valence-electron chi connectivity index (χ4n) is 2.82. The van der Waals surface area contributed by atoms with Crippen LogP contribution in [0.1, 0.15) is 18.4 Å². The lowest BCUT2D eigenvalue weighted by atomic mass is 9.92. The number of nitrogens with two attached hydrogens (primary N) is 1. The summed E-state index contributed by atoms with van der Waals surface area (Å²) in [6, 6.07) is 8.78. The van der Waals surface area contributed by atoms with Gasteiger partial charge in [0.1, 0.15) is 11.6 Å². The lowest BCUT2D eigenvalue weighted by Crippen LogP contribution is -2.46. The van der Waals surface area contributed by atoms with Crippen molar-refractivity contribution in [2.75, 3.05) is 13.2 Å². The van der Waals surface area contributed by atoms with Crippen LogP contribution in [-0.2, 0) is 16.1 Å². The zero-order valence-electron chi connectivity index (χ0n) is 15.2. The van der Waals surface area contributed by atoms with Crippen LogP contribution in [-0.4, -0.2) is 30.1 Å². The van der Waals surface area contributed by atoms with Gasteiger partial charge in [-0.05, 0) is 36.5 Å². The third-order valence-corrected chi connectivity index (χ3v) is 4.36. The number of nitrogens with one attached hydrogen (secondary N) is 1. The van der Waals surface area contributed by atoms with E-state index in [-0.39, 0.29) is 42.5 Å². The van der Waals surface area contributed by atoms with Crippen molar-refractivity contribution in [3.05, 3.63) is 54.0 Å². The summed E-state index contributed by atoms with van der Waals surface area (Å²) >= 11 is 0. The highest BCUT2D eigenvalue weighted by atomic mass is 35.5. The Morgan fingerprint density at radius 1 is 1.29 bits per heavy atom. The molecule has 1 aliphatic heterocycles. The van der Waals surface area contributed by atoms with Gasteiger partial charge < -0.3 is 20.5 Å². The topological polar surface area (TPSA) is 86.5 Å². The minimum absolute atomic E-state index is 0. The molecule has 0 spiro atoms. The second-order valence-electron chi connectivity index (χ2n) is 6.26. The van der Waals surface area contributed by atoms with Crippen molar-refractivity contribution in [3.63, 3.8) is 0 Å². The molecule has 154 valence electrons. The van der Waals surface area contributed by atoms with E-state index >= 15 is 0 Å². The number of benzene rings is 1. The van der Waals surface area contributed by atoms with Crippen LogP contribution < -0.4 is 15.8 Å². The first-order chi connectivity index (χ1) is 12.6. The van der Waals surface area contributed by atoms with Crippen LogP contribution in [0.25, 0.3) is 0 Å². The van der Waals surface area contributed by atoms with Crippen LogP contribution in [0.5, 0.6) is 11.6 Å². The van der Waals surface area contributed by atoms with Gasteiger partial charge in [-0.15, -0.1) is 24.8 Å². The molecule has 2 aromatic rings. The highest BCUT2D eigenvalue weighted by molar-refractivity contribution is 5.85. The molecule has 1 aliphatic rings. The van der Waals surface area contributed by atoms with Gasteiger partial charge in [0.25, 0.3) is 0 Å². The molecule has 3 rings (SSSR count). The minimum Gasteiger partial charge on any atom is -0.439 e. The summed E-state index contributed by atoms with van der Waals surface area (Å²) in [5.74, 6) is 0.342. The van der Waals surface area contributed by atoms with E-state index in [0.717, 1.165) is 18.4 Å². The monoisotopic (exact) mass is 431 g/mol. The highest BCUT2D eigenvalue weighted by Gasteiger charge is 2.26. The molecule has 1 atom stereocenters. The number of nitrogens with zero attached hydrogens (tertiary/aromatic N) is 1.